The van der Waals surface area contributed by atoms with E-state index in [1.165, 1.54) is 18.4 Å². The van der Waals surface area contributed by atoms with Crippen molar-refractivity contribution in [2.75, 3.05) is 6.54 Å². The number of nitrogens with zero attached hydrogens (tertiary/aromatic N) is 2. The normalized spacial score (nSPS) is 17.6. The molecular weight excluding hydrogens is 416 g/mol. The predicted molar refractivity (Wildman–Crippen MR) is 133 cm³/mol. The number of allylic oxidation sites excluding steroid dienone is 1. The molecule has 1 unspecified atom stereocenters. The van der Waals surface area contributed by atoms with Crippen molar-refractivity contribution in [3.8, 4) is 11.3 Å². The third-order valence-electron chi connectivity index (χ3n) is 5.98. The topological polar surface area (TPSA) is 38.4 Å². The first-order valence-corrected chi connectivity index (χ1v) is 11.5. The van der Waals surface area contributed by atoms with E-state index in [4.69, 9.17) is 21.0 Å². The van der Waals surface area contributed by atoms with Gasteiger partial charge in [0.15, 0.2) is 0 Å². The maximum atomic E-state index is 6.37. The van der Waals surface area contributed by atoms with Crippen molar-refractivity contribution >= 4 is 34.3 Å². The lowest BCUT2D eigenvalue weighted by Crippen LogP contribution is -2.19. The number of aliphatic imine (C=N–C) groups is 1. The first-order chi connectivity index (χ1) is 15.7. The molecule has 0 radical (unpaired) electrons. The summed E-state index contributed by atoms with van der Waals surface area (Å²) < 4.78 is 6.18. The predicted octanol–water partition coefficient (Wildman–Crippen LogP) is 7.84. The van der Waals surface area contributed by atoms with E-state index >= 15 is 0 Å². The van der Waals surface area contributed by atoms with Gasteiger partial charge in [-0.05, 0) is 72.9 Å². The zero-order valence-corrected chi connectivity index (χ0v) is 18.8. The van der Waals surface area contributed by atoms with Crippen LogP contribution in [-0.2, 0) is 0 Å². The molecule has 0 N–H and O–H groups in total. The number of fused-ring (bicyclic) bond motifs is 1. The SMILES string of the molecule is CCCC1CN=C(c2ccc3ncccc3c2)/C(=C/c2ccc(-c3ccccc3Cl)o2)C1. The number of halogens is 1. The zero-order chi connectivity index (χ0) is 21.9. The largest absolute Gasteiger partial charge is 0.457 e. The van der Waals surface area contributed by atoms with E-state index in [0.717, 1.165) is 52.2 Å². The molecule has 160 valence electrons. The van der Waals surface area contributed by atoms with E-state index in [1.807, 2.05) is 48.7 Å². The van der Waals surface area contributed by atoms with Crippen molar-refractivity contribution in [2.24, 2.45) is 10.9 Å². The summed E-state index contributed by atoms with van der Waals surface area (Å²) in [6.45, 7) is 3.11. The van der Waals surface area contributed by atoms with Crippen LogP contribution in [0.2, 0.25) is 5.02 Å². The Bertz CT molecular complexity index is 1320. The second-order valence-corrected chi connectivity index (χ2v) is 8.72. The van der Waals surface area contributed by atoms with E-state index in [9.17, 15) is 0 Å². The van der Waals surface area contributed by atoms with Gasteiger partial charge in [-0.2, -0.15) is 0 Å². The Kier molecular flexibility index (Phi) is 5.91. The molecule has 0 aliphatic carbocycles. The Labute approximate surface area is 193 Å². The number of hydrogen-bond donors (Lipinski definition) is 0. The maximum absolute atomic E-state index is 6.37. The molecule has 1 atom stereocenters. The molecule has 2 aromatic carbocycles. The van der Waals surface area contributed by atoms with E-state index in [-0.39, 0.29) is 0 Å². The summed E-state index contributed by atoms with van der Waals surface area (Å²) in [6.07, 6.45) is 7.32. The molecule has 4 aromatic rings. The Hall–Kier alpha value is -3.17. The summed E-state index contributed by atoms with van der Waals surface area (Å²) in [5, 5.41) is 1.82. The molecule has 0 saturated heterocycles. The molecule has 32 heavy (non-hydrogen) atoms. The highest BCUT2D eigenvalue weighted by atomic mass is 35.5. The third-order valence-corrected chi connectivity index (χ3v) is 6.31. The Morgan fingerprint density at radius 1 is 1.06 bits per heavy atom. The molecule has 3 heterocycles. The van der Waals surface area contributed by atoms with Gasteiger partial charge in [-0.15, -0.1) is 0 Å². The minimum atomic E-state index is 0.565. The van der Waals surface area contributed by atoms with Gasteiger partial charge in [0.1, 0.15) is 11.5 Å². The highest BCUT2D eigenvalue weighted by Gasteiger charge is 2.22. The van der Waals surface area contributed by atoms with Crippen molar-refractivity contribution in [1.82, 2.24) is 4.98 Å². The quantitative estimate of drug-likeness (QED) is 0.317. The van der Waals surface area contributed by atoms with Gasteiger partial charge >= 0.3 is 0 Å². The fraction of sp³-hybridized carbons (Fsp3) is 0.214. The van der Waals surface area contributed by atoms with Crippen LogP contribution in [0.25, 0.3) is 28.3 Å². The highest BCUT2D eigenvalue weighted by molar-refractivity contribution is 6.33. The molecule has 1 aliphatic rings. The highest BCUT2D eigenvalue weighted by Crippen LogP contribution is 2.32. The first-order valence-electron chi connectivity index (χ1n) is 11.2. The van der Waals surface area contributed by atoms with Gasteiger partial charge in [0.25, 0.3) is 0 Å². The van der Waals surface area contributed by atoms with Crippen LogP contribution in [0.3, 0.4) is 0 Å². The van der Waals surface area contributed by atoms with Crippen molar-refractivity contribution in [1.29, 1.82) is 0 Å². The van der Waals surface area contributed by atoms with E-state index in [1.54, 1.807) is 0 Å². The second kappa shape index (κ2) is 9.13. The standard InChI is InChI=1S/C28H25ClN2O/c1-2-6-19-15-22(17-23-11-13-27(32-23)24-8-3-4-9-25(24)29)28(31-18-19)21-10-12-26-20(16-21)7-5-14-30-26/h3-5,7-14,16-17,19H,2,6,15,18H2,1H3/b22-17+. The average molecular weight is 441 g/mol. The molecule has 2 aromatic heterocycles. The van der Waals surface area contributed by atoms with Gasteiger partial charge in [-0.1, -0.05) is 49.2 Å². The van der Waals surface area contributed by atoms with Crippen LogP contribution in [0.5, 0.6) is 0 Å². The van der Waals surface area contributed by atoms with Crippen LogP contribution in [-0.4, -0.2) is 17.2 Å². The molecule has 1 aliphatic heterocycles. The van der Waals surface area contributed by atoms with Crippen LogP contribution in [0.1, 0.15) is 37.5 Å². The summed E-state index contributed by atoms with van der Waals surface area (Å²) in [7, 11) is 0. The van der Waals surface area contributed by atoms with Crippen molar-refractivity contribution in [2.45, 2.75) is 26.2 Å². The first kappa shape index (κ1) is 20.7. The lowest BCUT2D eigenvalue weighted by molar-refractivity contribution is 0.483. The number of rotatable bonds is 5. The van der Waals surface area contributed by atoms with Gasteiger partial charge < -0.3 is 4.42 Å². The molecule has 0 amide bonds. The van der Waals surface area contributed by atoms with Crippen molar-refractivity contribution < 1.29 is 4.42 Å². The minimum absolute atomic E-state index is 0.565. The zero-order valence-electron chi connectivity index (χ0n) is 18.1. The van der Waals surface area contributed by atoms with Gasteiger partial charge in [0, 0.05) is 29.3 Å². The van der Waals surface area contributed by atoms with Crippen molar-refractivity contribution in [3.05, 3.63) is 94.8 Å². The van der Waals surface area contributed by atoms with Gasteiger partial charge in [-0.3, -0.25) is 9.98 Å². The van der Waals surface area contributed by atoms with Crippen LogP contribution >= 0.6 is 11.6 Å². The van der Waals surface area contributed by atoms with Crippen LogP contribution in [0, 0.1) is 5.92 Å². The molecule has 5 rings (SSSR count). The second-order valence-electron chi connectivity index (χ2n) is 8.31. The number of benzene rings is 2. The maximum Gasteiger partial charge on any atom is 0.136 e. The van der Waals surface area contributed by atoms with E-state index < -0.39 is 0 Å². The van der Waals surface area contributed by atoms with Gasteiger partial charge in [-0.25, -0.2) is 0 Å². The van der Waals surface area contributed by atoms with Crippen LogP contribution in [0.15, 0.2) is 87.9 Å². The summed E-state index contributed by atoms with van der Waals surface area (Å²) in [6, 6.07) is 22.2. The molecular formula is C28H25ClN2O. The Morgan fingerprint density at radius 3 is 2.84 bits per heavy atom. The Balaban J connectivity index is 1.53. The molecule has 0 saturated carbocycles. The van der Waals surface area contributed by atoms with Crippen molar-refractivity contribution in [3.63, 3.8) is 0 Å². The molecule has 3 nitrogen and oxygen atoms in total. The van der Waals surface area contributed by atoms with E-state index in [2.05, 4.69) is 42.2 Å². The Morgan fingerprint density at radius 2 is 1.97 bits per heavy atom. The molecule has 4 heteroatoms. The minimum Gasteiger partial charge on any atom is -0.457 e. The number of furan rings is 1. The summed E-state index contributed by atoms with van der Waals surface area (Å²) in [5.41, 5.74) is 5.31. The summed E-state index contributed by atoms with van der Waals surface area (Å²) in [5.74, 6) is 2.16. The smallest absolute Gasteiger partial charge is 0.136 e. The van der Waals surface area contributed by atoms with Crippen LogP contribution < -0.4 is 0 Å². The fourth-order valence-electron chi connectivity index (χ4n) is 4.43. The monoisotopic (exact) mass is 440 g/mol. The number of hydrogen-bond acceptors (Lipinski definition) is 3. The lowest BCUT2D eigenvalue weighted by Gasteiger charge is -2.24. The number of aromatic nitrogens is 1. The number of pyridine rings is 1. The lowest BCUT2D eigenvalue weighted by atomic mass is 9.86. The van der Waals surface area contributed by atoms with Crippen LogP contribution in [0.4, 0.5) is 0 Å². The third kappa shape index (κ3) is 4.26. The summed E-state index contributed by atoms with van der Waals surface area (Å²) in [4.78, 5) is 9.48. The van der Waals surface area contributed by atoms with E-state index in [0.29, 0.717) is 10.9 Å². The summed E-state index contributed by atoms with van der Waals surface area (Å²) >= 11 is 6.37. The fourth-order valence-corrected chi connectivity index (χ4v) is 4.66. The molecule has 0 spiro atoms. The molecule has 0 bridgehead atoms. The average Bonchev–Trinajstić information content (AvgIpc) is 3.28. The van der Waals surface area contributed by atoms with Gasteiger partial charge in [0.05, 0.1) is 16.3 Å². The van der Waals surface area contributed by atoms with Gasteiger partial charge in [0.2, 0.25) is 0 Å². The molecule has 0 fully saturated rings.